The van der Waals surface area contributed by atoms with Crippen molar-refractivity contribution >= 4 is 28.7 Å². The number of rotatable bonds is 5. The summed E-state index contributed by atoms with van der Waals surface area (Å²) in [5, 5.41) is 6.67. The predicted octanol–water partition coefficient (Wildman–Crippen LogP) is 6.44. The number of carbonyl (C=O) groups excluding carboxylic acids is 1. The molecule has 1 heterocycles. The molecule has 0 radical (unpaired) electrons. The van der Waals surface area contributed by atoms with Crippen molar-refractivity contribution in [2.45, 2.75) is 6.92 Å². The van der Waals surface area contributed by atoms with Crippen LogP contribution in [0.3, 0.4) is 0 Å². The Morgan fingerprint density at radius 2 is 1.43 bits per heavy atom. The maximum absolute atomic E-state index is 12.2. The number of benzene rings is 3. The van der Waals surface area contributed by atoms with Crippen molar-refractivity contribution in [2.24, 2.45) is 0 Å². The first-order valence-electron chi connectivity index (χ1n) is 9.48. The Labute approximate surface area is 179 Å². The van der Waals surface area contributed by atoms with Gasteiger partial charge in [0.05, 0.1) is 22.7 Å². The third-order valence-corrected chi connectivity index (χ3v) is 5.55. The van der Waals surface area contributed by atoms with Crippen molar-refractivity contribution in [3.63, 3.8) is 0 Å². The minimum absolute atomic E-state index is 0.276. The number of nitrogens with zero attached hydrogens (tertiary/aromatic N) is 1. The highest BCUT2D eigenvalue weighted by molar-refractivity contribution is 7.15. The van der Waals surface area contributed by atoms with Crippen LogP contribution >= 0.6 is 11.3 Å². The van der Waals surface area contributed by atoms with Gasteiger partial charge in [0.15, 0.2) is 0 Å². The SMILES string of the molecule is COc1ccc(-c2nc(C)sc2-c2ccc(NC(=O)Nc3ccccc3)cc2)cc1. The van der Waals surface area contributed by atoms with Gasteiger partial charge in [-0.25, -0.2) is 9.78 Å². The highest BCUT2D eigenvalue weighted by Crippen LogP contribution is 2.37. The minimum atomic E-state index is -0.276. The number of ether oxygens (including phenoxy) is 1. The molecule has 0 bridgehead atoms. The second-order valence-corrected chi connectivity index (χ2v) is 7.86. The number of para-hydroxylation sites is 1. The quantitative estimate of drug-likeness (QED) is 0.394. The van der Waals surface area contributed by atoms with Crippen molar-refractivity contribution in [2.75, 3.05) is 17.7 Å². The molecule has 1 aromatic heterocycles. The van der Waals surface area contributed by atoms with E-state index in [2.05, 4.69) is 10.6 Å². The number of aryl methyl sites for hydroxylation is 1. The molecule has 4 rings (SSSR count). The topological polar surface area (TPSA) is 63.2 Å². The summed E-state index contributed by atoms with van der Waals surface area (Å²) < 4.78 is 5.25. The summed E-state index contributed by atoms with van der Waals surface area (Å²) in [6.07, 6.45) is 0. The van der Waals surface area contributed by atoms with Crippen molar-refractivity contribution < 1.29 is 9.53 Å². The summed E-state index contributed by atoms with van der Waals surface area (Å²) in [6.45, 7) is 2.00. The lowest BCUT2D eigenvalue weighted by Crippen LogP contribution is -2.19. The number of nitrogens with one attached hydrogen (secondary N) is 2. The van der Waals surface area contributed by atoms with Gasteiger partial charge in [-0.3, -0.25) is 0 Å². The number of thiazole rings is 1. The smallest absolute Gasteiger partial charge is 0.323 e. The van der Waals surface area contributed by atoms with E-state index in [4.69, 9.17) is 9.72 Å². The molecule has 0 unspecified atom stereocenters. The van der Waals surface area contributed by atoms with Gasteiger partial charge in [-0.15, -0.1) is 11.3 Å². The second-order valence-electron chi connectivity index (χ2n) is 6.66. The van der Waals surface area contributed by atoms with E-state index in [9.17, 15) is 4.79 Å². The fourth-order valence-electron chi connectivity index (χ4n) is 3.09. The zero-order valence-electron chi connectivity index (χ0n) is 16.7. The Morgan fingerprint density at radius 3 is 2.07 bits per heavy atom. The molecule has 0 saturated heterocycles. The first-order valence-corrected chi connectivity index (χ1v) is 10.3. The molecule has 0 aliphatic rings. The number of amides is 2. The summed E-state index contributed by atoms with van der Waals surface area (Å²) in [5.41, 5.74) is 4.51. The molecular formula is C24H21N3O2S. The van der Waals surface area contributed by atoms with Gasteiger partial charge in [0.1, 0.15) is 5.75 Å². The average molecular weight is 416 g/mol. The van der Waals surface area contributed by atoms with Gasteiger partial charge in [-0.05, 0) is 61.0 Å². The highest BCUT2D eigenvalue weighted by Gasteiger charge is 2.14. The van der Waals surface area contributed by atoms with Crippen LogP contribution in [0.25, 0.3) is 21.7 Å². The molecule has 5 nitrogen and oxygen atoms in total. The molecule has 2 N–H and O–H groups in total. The Balaban J connectivity index is 1.52. The molecule has 0 spiro atoms. The van der Waals surface area contributed by atoms with Crippen LogP contribution in [0.1, 0.15) is 5.01 Å². The van der Waals surface area contributed by atoms with Crippen LogP contribution in [-0.2, 0) is 0 Å². The molecule has 0 aliphatic carbocycles. The maximum atomic E-state index is 12.2. The van der Waals surface area contributed by atoms with Crippen LogP contribution in [0.2, 0.25) is 0 Å². The lowest BCUT2D eigenvalue weighted by molar-refractivity contribution is 0.262. The summed E-state index contributed by atoms with van der Waals surface area (Å²) in [5.74, 6) is 0.816. The van der Waals surface area contributed by atoms with Gasteiger partial charge in [-0.1, -0.05) is 30.3 Å². The zero-order valence-corrected chi connectivity index (χ0v) is 17.5. The molecular weight excluding hydrogens is 394 g/mol. The third-order valence-electron chi connectivity index (χ3n) is 4.53. The summed E-state index contributed by atoms with van der Waals surface area (Å²) >= 11 is 1.65. The van der Waals surface area contributed by atoms with E-state index in [1.807, 2.05) is 85.8 Å². The van der Waals surface area contributed by atoms with Crippen LogP contribution in [-0.4, -0.2) is 18.1 Å². The van der Waals surface area contributed by atoms with Gasteiger partial charge >= 0.3 is 6.03 Å². The first kappa shape index (κ1) is 19.7. The molecule has 6 heteroatoms. The lowest BCUT2D eigenvalue weighted by Gasteiger charge is -2.09. The van der Waals surface area contributed by atoms with E-state index < -0.39 is 0 Å². The normalized spacial score (nSPS) is 10.5. The zero-order chi connectivity index (χ0) is 20.9. The molecule has 0 fully saturated rings. The van der Waals surface area contributed by atoms with Crippen LogP contribution in [0.5, 0.6) is 5.75 Å². The molecule has 0 saturated carbocycles. The van der Waals surface area contributed by atoms with Crippen molar-refractivity contribution in [1.82, 2.24) is 4.98 Å². The van der Waals surface area contributed by atoms with E-state index in [-0.39, 0.29) is 6.03 Å². The van der Waals surface area contributed by atoms with Gasteiger partial charge in [0, 0.05) is 16.9 Å². The number of carbonyl (C=O) groups is 1. The summed E-state index contributed by atoms with van der Waals surface area (Å²) in [7, 11) is 1.66. The number of anilines is 2. The van der Waals surface area contributed by atoms with E-state index in [0.29, 0.717) is 0 Å². The molecule has 2 amide bonds. The fourth-order valence-corrected chi connectivity index (χ4v) is 4.03. The molecule has 30 heavy (non-hydrogen) atoms. The van der Waals surface area contributed by atoms with E-state index in [0.717, 1.165) is 43.8 Å². The van der Waals surface area contributed by atoms with Crippen molar-refractivity contribution in [1.29, 1.82) is 0 Å². The number of hydrogen-bond donors (Lipinski definition) is 2. The Hall–Kier alpha value is -3.64. The number of aromatic nitrogens is 1. The average Bonchev–Trinajstić information content (AvgIpc) is 3.16. The van der Waals surface area contributed by atoms with Crippen LogP contribution in [0.4, 0.5) is 16.2 Å². The molecule has 150 valence electrons. The fraction of sp³-hybridized carbons (Fsp3) is 0.0833. The van der Waals surface area contributed by atoms with E-state index in [1.54, 1.807) is 18.4 Å². The molecule has 0 atom stereocenters. The monoisotopic (exact) mass is 415 g/mol. The third kappa shape index (κ3) is 4.50. The Kier molecular flexibility index (Phi) is 5.77. The Bertz CT molecular complexity index is 1140. The molecule has 3 aromatic carbocycles. The number of urea groups is 1. The van der Waals surface area contributed by atoms with Crippen molar-refractivity contribution in [3.8, 4) is 27.4 Å². The summed E-state index contributed by atoms with van der Waals surface area (Å²) in [6, 6.07) is 24.8. The van der Waals surface area contributed by atoms with Gasteiger partial charge in [0.2, 0.25) is 0 Å². The minimum Gasteiger partial charge on any atom is -0.497 e. The lowest BCUT2D eigenvalue weighted by atomic mass is 10.1. The van der Waals surface area contributed by atoms with E-state index >= 15 is 0 Å². The second kappa shape index (κ2) is 8.80. The highest BCUT2D eigenvalue weighted by atomic mass is 32.1. The standard InChI is InChI=1S/C24H21N3O2S/c1-16-25-22(17-10-14-21(29-2)15-11-17)23(30-16)18-8-12-20(13-9-18)27-24(28)26-19-6-4-3-5-7-19/h3-15H,1-2H3,(H2,26,27,28). The van der Waals surface area contributed by atoms with E-state index in [1.165, 1.54) is 0 Å². The van der Waals surface area contributed by atoms with Gasteiger partial charge in [0.25, 0.3) is 0 Å². The Morgan fingerprint density at radius 1 is 0.833 bits per heavy atom. The van der Waals surface area contributed by atoms with Crippen molar-refractivity contribution in [3.05, 3.63) is 83.9 Å². The number of hydrogen-bond acceptors (Lipinski definition) is 4. The van der Waals surface area contributed by atoms with Crippen LogP contribution in [0.15, 0.2) is 78.9 Å². The number of methoxy groups -OCH3 is 1. The summed E-state index contributed by atoms with van der Waals surface area (Å²) in [4.78, 5) is 18.0. The maximum Gasteiger partial charge on any atom is 0.323 e. The van der Waals surface area contributed by atoms with Gasteiger partial charge in [-0.2, -0.15) is 0 Å². The van der Waals surface area contributed by atoms with Crippen LogP contribution < -0.4 is 15.4 Å². The van der Waals surface area contributed by atoms with Gasteiger partial charge < -0.3 is 15.4 Å². The first-order chi connectivity index (χ1) is 14.6. The molecule has 4 aromatic rings. The van der Waals surface area contributed by atoms with Crippen LogP contribution in [0, 0.1) is 6.92 Å². The predicted molar refractivity (Wildman–Crippen MR) is 123 cm³/mol. The largest absolute Gasteiger partial charge is 0.497 e. The molecule has 0 aliphatic heterocycles.